The van der Waals surface area contributed by atoms with E-state index in [-0.39, 0.29) is 0 Å². The fraction of sp³-hybridized carbons (Fsp3) is 0.333. The van der Waals surface area contributed by atoms with Gasteiger partial charge in [0.1, 0.15) is 0 Å². The summed E-state index contributed by atoms with van der Waals surface area (Å²) in [5.74, 6) is 0. The van der Waals surface area contributed by atoms with Crippen molar-refractivity contribution in [2.75, 3.05) is 13.6 Å². The summed E-state index contributed by atoms with van der Waals surface area (Å²) >= 11 is 0. The second-order valence-electron chi connectivity index (χ2n) is 5.61. The SMILES string of the molecule is Cc1ccc(C(O)CN(C)Cc2cccc(C)c2)cc1. The maximum absolute atomic E-state index is 10.3. The molecule has 0 saturated heterocycles. The summed E-state index contributed by atoms with van der Waals surface area (Å²) in [7, 11) is 2.04. The molecule has 2 aromatic rings. The first-order valence-electron chi connectivity index (χ1n) is 7.03. The van der Waals surface area contributed by atoms with Crippen molar-refractivity contribution >= 4 is 0 Å². The molecule has 0 heterocycles. The molecule has 0 bridgehead atoms. The van der Waals surface area contributed by atoms with Crippen molar-refractivity contribution in [3.63, 3.8) is 0 Å². The second-order valence-corrected chi connectivity index (χ2v) is 5.61. The summed E-state index contributed by atoms with van der Waals surface area (Å²) in [4.78, 5) is 2.15. The van der Waals surface area contributed by atoms with Crippen LogP contribution in [0, 0.1) is 13.8 Å². The van der Waals surface area contributed by atoms with Gasteiger partial charge in [-0.1, -0.05) is 59.7 Å². The van der Waals surface area contributed by atoms with E-state index in [1.165, 1.54) is 16.7 Å². The van der Waals surface area contributed by atoms with Crippen molar-refractivity contribution in [2.24, 2.45) is 0 Å². The quantitative estimate of drug-likeness (QED) is 0.898. The maximum atomic E-state index is 10.3. The zero-order valence-corrected chi connectivity index (χ0v) is 12.5. The highest BCUT2D eigenvalue weighted by Gasteiger charge is 2.10. The molecular weight excluding hydrogens is 246 g/mol. The van der Waals surface area contributed by atoms with E-state index < -0.39 is 6.10 Å². The Balaban J connectivity index is 1.93. The molecule has 0 aromatic heterocycles. The fourth-order valence-electron chi connectivity index (χ4n) is 2.38. The lowest BCUT2D eigenvalue weighted by Crippen LogP contribution is -2.24. The minimum atomic E-state index is -0.439. The van der Waals surface area contributed by atoms with Crippen LogP contribution in [0.5, 0.6) is 0 Å². The molecule has 2 nitrogen and oxygen atoms in total. The Morgan fingerprint density at radius 1 is 1.00 bits per heavy atom. The molecule has 0 aliphatic carbocycles. The molecule has 2 aromatic carbocycles. The largest absolute Gasteiger partial charge is 0.387 e. The van der Waals surface area contributed by atoms with Gasteiger partial charge in [0.25, 0.3) is 0 Å². The van der Waals surface area contributed by atoms with Crippen LogP contribution in [0.1, 0.15) is 28.4 Å². The summed E-state index contributed by atoms with van der Waals surface area (Å²) in [5.41, 5.74) is 4.75. The first kappa shape index (κ1) is 14.8. The molecule has 106 valence electrons. The minimum Gasteiger partial charge on any atom is -0.387 e. The van der Waals surface area contributed by atoms with Gasteiger partial charge in [-0.05, 0) is 32.0 Å². The average Bonchev–Trinajstić information content (AvgIpc) is 2.39. The van der Waals surface area contributed by atoms with E-state index in [9.17, 15) is 5.11 Å². The third-order valence-electron chi connectivity index (χ3n) is 3.48. The van der Waals surface area contributed by atoms with E-state index in [0.717, 1.165) is 12.1 Å². The van der Waals surface area contributed by atoms with Crippen molar-refractivity contribution in [1.29, 1.82) is 0 Å². The Bertz CT molecular complexity index is 548. The second kappa shape index (κ2) is 6.69. The molecule has 0 aliphatic heterocycles. The van der Waals surface area contributed by atoms with Gasteiger partial charge in [-0.2, -0.15) is 0 Å². The van der Waals surface area contributed by atoms with E-state index in [1.807, 2.05) is 31.3 Å². The molecule has 0 amide bonds. The number of hydrogen-bond donors (Lipinski definition) is 1. The van der Waals surface area contributed by atoms with Crippen molar-refractivity contribution in [3.8, 4) is 0 Å². The van der Waals surface area contributed by atoms with Gasteiger partial charge in [0.05, 0.1) is 6.10 Å². The molecule has 0 aliphatic rings. The lowest BCUT2D eigenvalue weighted by atomic mass is 10.1. The third-order valence-corrected chi connectivity index (χ3v) is 3.48. The summed E-state index contributed by atoms with van der Waals surface area (Å²) in [6, 6.07) is 16.6. The molecule has 0 saturated carbocycles. The van der Waals surface area contributed by atoms with Gasteiger partial charge in [-0.25, -0.2) is 0 Å². The van der Waals surface area contributed by atoms with Crippen LogP contribution in [0.4, 0.5) is 0 Å². The lowest BCUT2D eigenvalue weighted by Gasteiger charge is -2.21. The highest BCUT2D eigenvalue weighted by atomic mass is 16.3. The number of likely N-dealkylation sites (N-methyl/N-ethyl adjacent to an activating group) is 1. The topological polar surface area (TPSA) is 23.5 Å². The van der Waals surface area contributed by atoms with Crippen LogP contribution in [0.3, 0.4) is 0 Å². The highest BCUT2D eigenvalue weighted by Crippen LogP contribution is 2.16. The number of rotatable bonds is 5. The zero-order chi connectivity index (χ0) is 14.5. The van der Waals surface area contributed by atoms with Crippen LogP contribution in [0.2, 0.25) is 0 Å². The minimum absolute atomic E-state index is 0.439. The van der Waals surface area contributed by atoms with Crippen LogP contribution in [0.25, 0.3) is 0 Å². The first-order chi connectivity index (χ1) is 9.54. The zero-order valence-electron chi connectivity index (χ0n) is 12.5. The fourth-order valence-corrected chi connectivity index (χ4v) is 2.38. The average molecular weight is 269 g/mol. The normalized spacial score (nSPS) is 12.7. The number of benzene rings is 2. The van der Waals surface area contributed by atoms with E-state index in [1.54, 1.807) is 0 Å². The number of aliphatic hydroxyl groups excluding tert-OH is 1. The van der Waals surface area contributed by atoms with Crippen LogP contribution >= 0.6 is 0 Å². The Morgan fingerprint density at radius 3 is 2.35 bits per heavy atom. The van der Waals surface area contributed by atoms with Gasteiger partial charge in [0.2, 0.25) is 0 Å². The molecule has 0 fully saturated rings. The molecule has 1 atom stereocenters. The standard InChI is InChI=1S/C18H23NO/c1-14-7-9-17(10-8-14)18(20)13-19(3)12-16-6-4-5-15(2)11-16/h4-11,18,20H,12-13H2,1-3H3. The predicted octanol–water partition coefficient (Wildman–Crippen LogP) is 3.47. The van der Waals surface area contributed by atoms with E-state index >= 15 is 0 Å². The van der Waals surface area contributed by atoms with Crippen molar-refractivity contribution in [2.45, 2.75) is 26.5 Å². The van der Waals surface area contributed by atoms with Crippen LogP contribution in [0.15, 0.2) is 48.5 Å². The van der Waals surface area contributed by atoms with E-state index in [0.29, 0.717) is 6.54 Å². The molecule has 1 N–H and O–H groups in total. The summed E-state index contributed by atoms with van der Waals surface area (Å²) in [6.07, 6.45) is -0.439. The van der Waals surface area contributed by atoms with E-state index in [4.69, 9.17) is 0 Å². The Kier molecular flexibility index (Phi) is 4.94. The Hall–Kier alpha value is -1.64. The number of aryl methyl sites for hydroxylation is 2. The van der Waals surface area contributed by atoms with Crippen molar-refractivity contribution in [3.05, 3.63) is 70.8 Å². The van der Waals surface area contributed by atoms with Crippen molar-refractivity contribution < 1.29 is 5.11 Å². The molecule has 1 unspecified atom stereocenters. The monoisotopic (exact) mass is 269 g/mol. The van der Waals surface area contributed by atoms with Crippen LogP contribution < -0.4 is 0 Å². The summed E-state index contributed by atoms with van der Waals surface area (Å²) < 4.78 is 0. The van der Waals surface area contributed by atoms with Crippen LogP contribution in [-0.4, -0.2) is 23.6 Å². The summed E-state index contributed by atoms with van der Waals surface area (Å²) in [5, 5.41) is 10.3. The maximum Gasteiger partial charge on any atom is 0.0916 e. The van der Waals surface area contributed by atoms with Gasteiger partial charge in [-0.15, -0.1) is 0 Å². The molecule has 0 radical (unpaired) electrons. The Morgan fingerprint density at radius 2 is 1.70 bits per heavy atom. The molecule has 2 heteroatoms. The van der Waals surface area contributed by atoms with Gasteiger partial charge >= 0.3 is 0 Å². The van der Waals surface area contributed by atoms with Gasteiger partial charge in [-0.3, -0.25) is 4.90 Å². The Labute approximate surface area is 121 Å². The first-order valence-corrected chi connectivity index (χ1v) is 7.03. The smallest absolute Gasteiger partial charge is 0.0916 e. The summed E-state index contributed by atoms with van der Waals surface area (Å²) in [6.45, 7) is 5.65. The van der Waals surface area contributed by atoms with Gasteiger partial charge < -0.3 is 5.11 Å². The number of hydrogen-bond acceptors (Lipinski definition) is 2. The molecule has 20 heavy (non-hydrogen) atoms. The lowest BCUT2D eigenvalue weighted by molar-refractivity contribution is 0.124. The van der Waals surface area contributed by atoms with Gasteiger partial charge in [0, 0.05) is 13.1 Å². The van der Waals surface area contributed by atoms with E-state index in [2.05, 4.69) is 43.0 Å². The molecule has 0 spiro atoms. The van der Waals surface area contributed by atoms with Gasteiger partial charge in [0.15, 0.2) is 0 Å². The van der Waals surface area contributed by atoms with Crippen molar-refractivity contribution in [1.82, 2.24) is 4.90 Å². The predicted molar refractivity (Wildman–Crippen MR) is 83.7 cm³/mol. The third kappa shape index (κ3) is 4.19. The molecular formula is C18H23NO. The van der Waals surface area contributed by atoms with Crippen LogP contribution in [-0.2, 0) is 6.54 Å². The number of aliphatic hydroxyl groups is 1. The molecule has 2 rings (SSSR count). The highest BCUT2D eigenvalue weighted by molar-refractivity contribution is 5.24. The number of nitrogens with zero attached hydrogens (tertiary/aromatic N) is 1.